The highest BCUT2D eigenvalue weighted by Gasteiger charge is 2.28. The van der Waals surface area contributed by atoms with E-state index in [4.69, 9.17) is 4.74 Å². The first-order valence-corrected chi connectivity index (χ1v) is 7.24. The molecule has 0 aromatic heterocycles. The fraction of sp³-hybridized carbons (Fsp3) is 0.500. The number of benzene rings is 1. The molecule has 21 heavy (non-hydrogen) atoms. The largest absolute Gasteiger partial charge is 0.497 e. The van der Waals surface area contributed by atoms with Crippen LogP contribution in [0.4, 0.5) is 0 Å². The molecule has 0 aliphatic carbocycles. The van der Waals surface area contributed by atoms with Crippen LogP contribution in [0.3, 0.4) is 0 Å². The Bertz CT molecular complexity index is 516. The molecule has 1 aliphatic heterocycles. The number of amides is 2. The number of hydrogen-bond donors (Lipinski definition) is 1. The van der Waals surface area contributed by atoms with Gasteiger partial charge >= 0.3 is 0 Å². The Hall–Kier alpha value is -2.04. The van der Waals surface area contributed by atoms with E-state index in [0.717, 1.165) is 24.2 Å². The smallest absolute Gasteiger partial charge is 0.223 e. The number of nitrogens with zero attached hydrogens (tertiary/aromatic N) is 1. The van der Waals surface area contributed by atoms with Gasteiger partial charge in [0.15, 0.2) is 0 Å². The van der Waals surface area contributed by atoms with Crippen LogP contribution in [-0.4, -0.2) is 44.0 Å². The lowest BCUT2D eigenvalue weighted by Gasteiger charge is -2.27. The van der Waals surface area contributed by atoms with Crippen molar-refractivity contribution in [1.82, 2.24) is 10.2 Å². The maximum absolute atomic E-state index is 12.1. The van der Waals surface area contributed by atoms with Crippen LogP contribution in [0.2, 0.25) is 0 Å². The third-order valence-corrected chi connectivity index (χ3v) is 3.88. The third-order valence-electron chi connectivity index (χ3n) is 3.88. The number of carbonyl (C=O) groups is 2. The second-order valence-corrected chi connectivity index (χ2v) is 5.40. The molecular weight excluding hydrogens is 268 g/mol. The highest BCUT2D eigenvalue weighted by Crippen LogP contribution is 2.17. The van der Waals surface area contributed by atoms with Crippen molar-refractivity contribution in [2.75, 3.05) is 27.2 Å². The monoisotopic (exact) mass is 290 g/mol. The van der Waals surface area contributed by atoms with E-state index in [1.165, 1.54) is 0 Å². The maximum Gasteiger partial charge on any atom is 0.223 e. The van der Waals surface area contributed by atoms with E-state index in [1.807, 2.05) is 24.3 Å². The van der Waals surface area contributed by atoms with E-state index < -0.39 is 0 Å². The zero-order valence-corrected chi connectivity index (χ0v) is 12.6. The summed E-state index contributed by atoms with van der Waals surface area (Å²) in [6.07, 6.45) is 1.82. The predicted molar refractivity (Wildman–Crippen MR) is 80.1 cm³/mol. The van der Waals surface area contributed by atoms with Gasteiger partial charge in [-0.05, 0) is 30.5 Å². The van der Waals surface area contributed by atoms with Gasteiger partial charge in [-0.25, -0.2) is 0 Å². The first-order chi connectivity index (χ1) is 10.1. The predicted octanol–water partition coefficient (Wildman–Crippen LogP) is 1.22. The summed E-state index contributed by atoms with van der Waals surface area (Å²) < 4.78 is 5.17. The number of carbonyl (C=O) groups excluding carboxylic acids is 2. The van der Waals surface area contributed by atoms with Gasteiger partial charge in [-0.3, -0.25) is 9.59 Å². The molecule has 2 rings (SSSR count). The highest BCUT2D eigenvalue weighted by atomic mass is 16.5. The molecule has 1 N–H and O–H groups in total. The van der Waals surface area contributed by atoms with Crippen molar-refractivity contribution in [3.8, 4) is 5.75 Å². The number of ether oxygens (including phenoxy) is 1. The van der Waals surface area contributed by atoms with Crippen molar-refractivity contribution in [2.24, 2.45) is 5.92 Å². The van der Waals surface area contributed by atoms with Gasteiger partial charge in [-0.2, -0.15) is 0 Å². The number of rotatable bonds is 5. The van der Waals surface area contributed by atoms with Crippen LogP contribution >= 0.6 is 0 Å². The number of nitrogens with one attached hydrogen (secondary N) is 1. The Morgan fingerprint density at radius 3 is 3.00 bits per heavy atom. The number of likely N-dealkylation sites (tertiary alicyclic amines) is 1. The van der Waals surface area contributed by atoms with Crippen LogP contribution in [0, 0.1) is 5.92 Å². The zero-order valence-electron chi connectivity index (χ0n) is 12.6. The fourth-order valence-corrected chi connectivity index (χ4v) is 2.47. The average molecular weight is 290 g/mol. The van der Waals surface area contributed by atoms with Crippen molar-refractivity contribution >= 4 is 11.8 Å². The van der Waals surface area contributed by atoms with Crippen LogP contribution in [0.1, 0.15) is 18.4 Å². The lowest BCUT2D eigenvalue weighted by Crippen LogP contribution is -2.42. The first kappa shape index (κ1) is 15.4. The summed E-state index contributed by atoms with van der Waals surface area (Å²) in [6, 6.07) is 7.80. The highest BCUT2D eigenvalue weighted by molar-refractivity contribution is 5.86. The molecule has 0 spiro atoms. The van der Waals surface area contributed by atoms with Crippen LogP contribution < -0.4 is 10.1 Å². The summed E-state index contributed by atoms with van der Waals surface area (Å²) >= 11 is 0. The molecule has 1 saturated heterocycles. The molecule has 1 fully saturated rings. The standard InChI is InChI=1S/C16H22N2O3/c1-18-9-7-13(11-15(18)19)16(20)17-8-6-12-4-3-5-14(10-12)21-2/h3-5,10,13H,6-9,11H2,1-2H3,(H,17,20). The fourth-order valence-electron chi connectivity index (χ4n) is 2.47. The number of hydrogen-bond acceptors (Lipinski definition) is 3. The van der Waals surface area contributed by atoms with Gasteiger partial charge in [0.05, 0.1) is 7.11 Å². The molecule has 1 aliphatic rings. The van der Waals surface area contributed by atoms with E-state index in [2.05, 4.69) is 5.32 Å². The molecule has 1 atom stereocenters. The molecule has 0 saturated carbocycles. The Kier molecular flexibility index (Phi) is 5.20. The van der Waals surface area contributed by atoms with E-state index in [0.29, 0.717) is 19.5 Å². The Morgan fingerprint density at radius 2 is 2.29 bits per heavy atom. The van der Waals surface area contributed by atoms with Crippen LogP contribution in [0.25, 0.3) is 0 Å². The SMILES string of the molecule is COc1cccc(CCNC(=O)C2CCN(C)C(=O)C2)c1. The Morgan fingerprint density at radius 1 is 1.48 bits per heavy atom. The lowest BCUT2D eigenvalue weighted by molar-refractivity contribution is -0.139. The minimum Gasteiger partial charge on any atom is -0.497 e. The minimum absolute atomic E-state index is 0.0145. The van der Waals surface area contributed by atoms with Gasteiger partial charge in [0, 0.05) is 32.5 Å². The van der Waals surface area contributed by atoms with Crippen LogP contribution in [0.5, 0.6) is 5.75 Å². The number of piperidine rings is 1. The molecule has 1 aromatic carbocycles. The molecule has 5 nitrogen and oxygen atoms in total. The van der Waals surface area contributed by atoms with Crippen LogP contribution in [0.15, 0.2) is 24.3 Å². The normalized spacial score (nSPS) is 18.5. The second kappa shape index (κ2) is 7.11. The van der Waals surface area contributed by atoms with Gasteiger partial charge in [0.25, 0.3) is 0 Å². The first-order valence-electron chi connectivity index (χ1n) is 7.24. The zero-order chi connectivity index (χ0) is 15.2. The molecule has 1 unspecified atom stereocenters. The van der Waals surface area contributed by atoms with E-state index in [1.54, 1.807) is 19.1 Å². The minimum atomic E-state index is -0.181. The van der Waals surface area contributed by atoms with Gasteiger partial charge in [0.1, 0.15) is 5.75 Å². The summed E-state index contributed by atoms with van der Waals surface area (Å²) in [5, 5.41) is 2.92. The summed E-state index contributed by atoms with van der Waals surface area (Å²) in [4.78, 5) is 25.3. The van der Waals surface area contributed by atoms with E-state index in [9.17, 15) is 9.59 Å². The van der Waals surface area contributed by atoms with E-state index in [-0.39, 0.29) is 17.7 Å². The molecule has 114 valence electrons. The molecular formula is C16H22N2O3. The van der Waals surface area contributed by atoms with Crippen molar-refractivity contribution in [3.05, 3.63) is 29.8 Å². The molecule has 1 aromatic rings. The quantitative estimate of drug-likeness (QED) is 0.887. The third kappa shape index (κ3) is 4.21. The van der Waals surface area contributed by atoms with Crippen molar-refractivity contribution in [3.63, 3.8) is 0 Å². The van der Waals surface area contributed by atoms with Crippen molar-refractivity contribution in [1.29, 1.82) is 0 Å². The summed E-state index contributed by atoms with van der Waals surface area (Å²) in [6.45, 7) is 1.24. The molecule has 0 bridgehead atoms. The number of methoxy groups -OCH3 is 1. The average Bonchev–Trinajstić information content (AvgIpc) is 2.50. The summed E-state index contributed by atoms with van der Waals surface area (Å²) in [5.74, 6) is 0.673. The van der Waals surface area contributed by atoms with Gasteiger partial charge in [-0.1, -0.05) is 12.1 Å². The van der Waals surface area contributed by atoms with Crippen LogP contribution in [-0.2, 0) is 16.0 Å². The van der Waals surface area contributed by atoms with Gasteiger partial charge < -0.3 is 15.0 Å². The van der Waals surface area contributed by atoms with Gasteiger partial charge in [0.2, 0.25) is 11.8 Å². The summed E-state index contributed by atoms with van der Waals surface area (Å²) in [5.41, 5.74) is 1.12. The van der Waals surface area contributed by atoms with Gasteiger partial charge in [-0.15, -0.1) is 0 Å². The molecule has 0 radical (unpaired) electrons. The van der Waals surface area contributed by atoms with Crippen molar-refractivity contribution in [2.45, 2.75) is 19.3 Å². The topological polar surface area (TPSA) is 58.6 Å². The Labute approximate surface area is 125 Å². The maximum atomic E-state index is 12.1. The van der Waals surface area contributed by atoms with Crippen molar-refractivity contribution < 1.29 is 14.3 Å². The summed E-state index contributed by atoms with van der Waals surface area (Å²) in [7, 11) is 3.41. The second-order valence-electron chi connectivity index (χ2n) is 5.40. The van der Waals surface area contributed by atoms with E-state index >= 15 is 0 Å². The Balaban J connectivity index is 1.77. The lowest BCUT2D eigenvalue weighted by atomic mass is 9.95. The molecule has 5 heteroatoms. The molecule has 2 amide bonds. The molecule has 1 heterocycles.